The van der Waals surface area contributed by atoms with Crippen molar-refractivity contribution in [3.05, 3.63) is 36.5 Å². The van der Waals surface area contributed by atoms with Gasteiger partial charge in [-0.05, 0) is 57.8 Å². The number of carbonyl (C=O) groups is 3. The molecule has 0 saturated heterocycles. The lowest BCUT2D eigenvalue weighted by Crippen LogP contribution is -2.30. The zero-order chi connectivity index (χ0) is 47.2. The minimum Gasteiger partial charge on any atom is -0.462 e. The molecule has 0 fully saturated rings. The number of unbranched alkanes of at least 4 members (excludes halogenated alkanes) is 35. The van der Waals surface area contributed by atoms with Crippen LogP contribution in [-0.4, -0.2) is 37.2 Å². The Labute approximate surface area is 404 Å². The molecule has 6 nitrogen and oxygen atoms in total. The lowest BCUT2D eigenvalue weighted by atomic mass is 10.0. The Morgan fingerprint density at radius 1 is 0.308 bits per heavy atom. The third-order valence-corrected chi connectivity index (χ3v) is 12.6. The summed E-state index contributed by atoms with van der Waals surface area (Å²) >= 11 is 0. The highest BCUT2D eigenvalue weighted by atomic mass is 16.6. The van der Waals surface area contributed by atoms with Gasteiger partial charge in [-0.3, -0.25) is 14.4 Å². The van der Waals surface area contributed by atoms with Gasteiger partial charge < -0.3 is 14.2 Å². The molecule has 380 valence electrons. The number of allylic oxidation sites excluding steroid dienone is 6. The Hall–Kier alpha value is -2.37. The van der Waals surface area contributed by atoms with E-state index >= 15 is 0 Å². The van der Waals surface area contributed by atoms with Crippen LogP contribution in [0.15, 0.2) is 36.5 Å². The molecule has 0 N–H and O–H groups in total. The molecule has 0 aliphatic heterocycles. The summed E-state index contributed by atoms with van der Waals surface area (Å²) in [5.74, 6) is -0.906. The smallest absolute Gasteiger partial charge is 0.306 e. The Morgan fingerprint density at radius 3 is 0.892 bits per heavy atom. The summed E-state index contributed by atoms with van der Waals surface area (Å²) in [6.07, 6.45) is 64.3. The van der Waals surface area contributed by atoms with Crippen molar-refractivity contribution in [2.75, 3.05) is 13.2 Å². The molecule has 0 heterocycles. The number of hydrogen-bond acceptors (Lipinski definition) is 6. The van der Waals surface area contributed by atoms with Crippen LogP contribution in [-0.2, 0) is 28.6 Å². The van der Waals surface area contributed by atoms with E-state index in [0.717, 1.165) is 64.2 Å². The van der Waals surface area contributed by atoms with Crippen LogP contribution in [0.5, 0.6) is 0 Å². The normalized spacial score (nSPS) is 12.2. The second kappa shape index (κ2) is 54.2. The van der Waals surface area contributed by atoms with Gasteiger partial charge in [0, 0.05) is 19.3 Å². The fourth-order valence-corrected chi connectivity index (χ4v) is 8.33. The lowest BCUT2D eigenvalue weighted by molar-refractivity contribution is -0.167. The summed E-state index contributed by atoms with van der Waals surface area (Å²) in [4.78, 5) is 38.0. The molecular weight excluding hydrogens is 805 g/mol. The highest BCUT2D eigenvalue weighted by Gasteiger charge is 2.19. The van der Waals surface area contributed by atoms with E-state index in [-0.39, 0.29) is 37.5 Å². The van der Waals surface area contributed by atoms with E-state index in [1.807, 2.05) is 0 Å². The fourth-order valence-electron chi connectivity index (χ4n) is 8.33. The highest BCUT2D eigenvalue weighted by Crippen LogP contribution is 2.17. The number of hydrogen-bond donors (Lipinski definition) is 0. The zero-order valence-electron chi connectivity index (χ0n) is 43.5. The highest BCUT2D eigenvalue weighted by molar-refractivity contribution is 5.71. The molecular formula is C59H108O6. The molecule has 0 aliphatic carbocycles. The molecule has 0 unspecified atom stereocenters. The van der Waals surface area contributed by atoms with Crippen LogP contribution in [0.3, 0.4) is 0 Å². The van der Waals surface area contributed by atoms with E-state index in [4.69, 9.17) is 14.2 Å². The summed E-state index contributed by atoms with van der Waals surface area (Å²) in [5.41, 5.74) is 0. The van der Waals surface area contributed by atoms with Crippen molar-refractivity contribution in [1.29, 1.82) is 0 Å². The third-order valence-electron chi connectivity index (χ3n) is 12.6. The molecule has 0 aromatic carbocycles. The molecule has 6 heteroatoms. The van der Waals surface area contributed by atoms with Gasteiger partial charge in [-0.15, -0.1) is 0 Å². The minimum absolute atomic E-state index is 0.0829. The van der Waals surface area contributed by atoms with Crippen molar-refractivity contribution in [2.24, 2.45) is 0 Å². The zero-order valence-corrected chi connectivity index (χ0v) is 43.5. The van der Waals surface area contributed by atoms with Crippen molar-refractivity contribution >= 4 is 17.9 Å². The van der Waals surface area contributed by atoms with Crippen LogP contribution in [0.2, 0.25) is 0 Å². The summed E-state index contributed by atoms with van der Waals surface area (Å²) in [6.45, 7) is 6.61. The maximum Gasteiger partial charge on any atom is 0.306 e. The Kier molecular flexibility index (Phi) is 52.3. The van der Waals surface area contributed by atoms with Crippen LogP contribution >= 0.6 is 0 Å². The van der Waals surface area contributed by atoms with Crippen molar-refractivity contribution in [3.63, 3.8) is 0 Å². The molecule has 0 spiro atoms. The summed E-state index contributed by atoms with van der Waals surface area (Å²) in [5, 5.41) is 0. The quantitative estimate of drug-likeness (QED) is 0.0262. The van der Waals surface area contributed by atoms with Gasteiger partial charge in [-0.1, -0.05) is 263 Å². The maximum atomic E-state index is 12.8. The van der Waals surface area contributed by atoms with Crippen LogP contribution in [0.25, 0.3) is 0 Å². The van der Waals surface area contributed by atoms with E-state index in [1.165, 1.54) is 193 Å². The first kappa shape index (κ1) is 62.6. The van der Waals surface area contributed by atoms with Crippen molar-refractivity contribution in [2.45, 2.75) is 309 Å². The first-order valence-corrected chi connectivity index (χ1v) is 28.5. The lowest BCUT2D eigenvalue weighted by Gasteiger charge is -2.18. The molecule has 0 aromatic heterocycles. The minimum atomic E-state index is -0.787. The monoisotopic (exact) mass is 913 g/mol. The van der Waals surface area contributed by atoms with Gasteiger partial charge in [-0.25, -0.2) is 0 Å². The largest absolute Gasteiger partial charge is 0.462 e. The average molecular weight is 914 g/mol. The summed E-state index contributed by atoms with van der Waals surface area (Å²) < 4.78 is 16.8. The molecule has 65 heavy (non-hydrogen) atoms. The van der Waals surface area contributed by atoms with E-state index in [9.17, 15) is 14.4 Å². The number of esters is 3. The third kappa shape index (κ3) is 52.5. The molecule has 0 saturated carbocycles. The molecule has 0 amide bonds. The van der Waals surface area contributed by atoms with Gasteiger partial charge in [0.25, 0.3) is 0 Å². The maximum absolute atomic E-state index is 12.8. The van der Waals surface area contributed by atoms with Gasteiger partial charge in [0.15, 0.2) is 6.10 Å². The Balaban J connectivity index is 4.30. The predicted octanol–water partition coefficient (Wildman–Crippen LogP) is 18.9. The summed E-state index contributed by atoms with van der Waals surface area (Å²) in [6, 6.07) is 0. The van der Waals surface area contributed by atoms with E-state index in [1.54, 1.807) is 0 Å². The van der Waals surface area contributed by atoms with Crippen molar-refractivity contribution in [1.82, 2.24) is 0 Å². The molecule has 0 radical (unpaired) electrons. The summed E-state index contributed by atoms with van der Waals surface area (Å²) in [7, 11) is 0. The first-order valence-electron chi connectivity index (χ1n) is 28.5. The van der Waals surface area contributed by atoms with Gasteiger partial charge in [0.05, 0.1) is 0 Å². The van der Waals surface area contributed by atoms with E-state index in [0.29, 0.717) is 19.3 Å². The van der Waals surface area contributed by atoms with Gasteiger partial charge >= 0.3 is 17.9 Å². The van der Waals surface area contributed by atoms with Crippen LogP contribution in [0.1, 0.15) is 303 Å². The van der Waals surface area contributed by atoms with E-state index < -0.39 is 6.10 Å². The standard InChI is InChI=1S/C59H108O6/c1-4-7-10-13-16-19-22-24-26-27-28-29-30-31-33-34-37-40-43-46-49-52-58(61)64-55-56(54-63-57(60)51-48-45-42-39-36-21-18-15-12-9-6-3)65-59(62)53-50-47-44-41-38-35-32-25-23-20-17-14-11-8-5-2/h17,20,25,32,38,41,56H,4-16,18-19,21-24,26-31,33-37,39-40,42-55H2,1-3H3/b20-17-,32-25-,41-38-/t56-/m0/s1. The Morgan fingerprint density at radius 2 is 0.554 bits per heavy atom. The number of carbonyl (C=O) groups excluding carboxylic acids is 3. The second-order valence-electron chi connectivity index (χ2n) is 19.2. The predicted molar refractivity (Wildman–Crippen MR) is 279 cm³/mol. The SMILES string of the molecule is CCCCC/C=C\C/C=C\C/C=C\CCCCC(=O)O[C@@H](COC(=O)CCCCCCCCCCCCC)COC(=O)CCCCCCCCCCCCCCCCCCCCCCC. The number of rotatable bonds is 52. The molecule has 0 rings (SSSR count). The van der Waals surface area contributed by atoms with Crippen molar-refractivity contribution in [3.8, 4) is 0 Å². The average Bonchev–Trinajstić information content (AvgIpc) is 3.30. The molecule has 0 bridgehead atoms. The molecule has 0 aliphatic rings. The Bertz CT molecular complexity index is 1090. The van der Waals surface area contributed by atoms with E-state index in [2.05, 4.69) is 57.2 Å². The fraction of sp³-hybridized carbons (Fsp3) is 0.847. The molecule has 1 atom stereocenters. The number of ether oxygens (including phenoxy) is 3. The van der Waals surface area contributed by atoms with Crippen molar-refractivity contribution < 1.29 is 28.6 Å². The first-order chi connectivity index (χ1) is 32.0. The second-order valence-corrected chi connectivity index (χ2v) is 19.2. The topological polar surface area (TPSA) is 78.9 Å². The van der Waals surface area contributed by atoms with Gasteiger partial charge in [-0.2, -0.15) is 0 Å². The van der Waals surface area contributed by atoms with Crippen LogP contribution in [0.4, 0.5) is 0 Å². The van der Waals surface area contributed by atoms with Gasteiger partial charge in [0.2, 0.25) is 0 Å². The molecule has 0 aromatic rings. The van der Waals surface area contributed by atoms with Crippen LogP contribution < -0.4 is 0 Å². The van der Waals surface area contributed by atoms with Crippen LogP contribution in [0, 0.1) is 0 Å². The van der Waals surface area contributed by atoms with Gasteiger partial charge in [0.1, 0.15) is 13.2 Å².